The SMILES string of the molecule is CCOC(=O)CC(O)(C(C)C)C(C)C. The van der Waals surface area contributed by atoms with Gasteiger partial charge in [-0.05, 0) is 18.8 Å². The minimum atomic E-state index is -0.952. The van der Waals surface area contributed by atoms with Gasteiger partial charge in [0.25, 0.3) is 0 Å². The summed E-state index contributed by atoms with van der Waals surface area (Å²) in [7, 11) is 0. The Morgan fingerprint density at radius 2 is 1.71 bits per heavy atom. The first kappa shape index (κ1) is 13.4. The van der Waals surface area contributed by atoms with E-state index < -0.39 is 5.60 Å². The summed E-state index contributed by atoms with van der Waals surface area (Å²) in [5, 5.41) is 10.3. The average molecular weight is 202 g/mol. The number of esters is 1. The van der Waals surface area contributed by atoms with Gasteiger partial charge in [-0.1, -0.05) is 27.7 Å². The summed E-state index contributed by atoms with van der Waals surface area (Å²) in [6, 6.07) is 0. The van der Waals surface area contributed by atoms with Gasteiger partial charge in [0.15, 0.2) is 0 Å². The zero-order chi connectivity index (χ0) is 11.4. The molecule has 0 saturated heterocycles. The van der Waals surface area contributed by atoms with E-state index in [1.807, 2.05) is 27.7 Å². The molecule has 0 aliphatic carbocycles. The molecule has 0 unspecified atom stereocenters. The fraction of sp³-hybridized carbons (Fsp3) is 0.909. The van der Waals surface area contributed by atoms with Gasteiger partial charge >= 0.3 is 5.97 Å². The van der Waals surface area contributed by atoms with Crippen LogP contribution in [-0.2, 0) is 9.53 Å². The summed E-state index contributed by atoms with van der Waals surface area (Å²) >= 11 is 0. The summed E-state index contributed by atoms with van der Waals surface area (Å²) < 4.78 is 4.84. The summed E-state index contributed by atoms with van der Waals surface area (Å²) in [5.41, 5.74) is -0.952. The highest BCUT2D eigenvalue weighted by Crippen LogP contribution is 2.29. The van der Waals surface area contributed by atoms with Gasteiger partial charge in [0, 0.05) is 0 Å². The Morgan fingerprint density at radius 3 is 2.00 bits per heavy atom. The second-order valence-corrected chi connectivity index (χ2v) is 4.28. The minimum Gasteiger partial charge on any atom is -0.466 e. The van der Waals surface area contributed by atoms with Crippen LogP contribution in [0, 0.1) is 11.8 Å². The fourth-order valence-electron chi connectivity index (χ4n) is 1.52. The van der Waals surface area contributed by atoms with Crippen LogP contribution in [0.15, 0.2) is 0 Å². The van der Waals surface area contributed by atoms with E-state index in [-0.39, 0.29) is 24.2 Å². The monoisotopic (exact) mass is 202 g/mol. The van der Waals surface area contributed by atoms with Crippen LogP contribution < -0.4 is 0 Å². The van der Waals surface area contributed by atoms with E-state index in [0.29, 0.717) is 6.61 Å². The molecule has 0 spiro atoms. The number of ether oxygens (including phenoxy) is 1. The van der Waals surface area contributed by atoms with Gasteiger partial charge in [0.05, 0.1) is 18.6 Å². The van der Waals surface area contributed by atoms with E-state index in [0.717, 1.165) is 0 Å². The Hall–Kier alpha value is -0.570. The Balaban J connectivity index is 4.45. The molecule has 0 heterocycles. The topological polar surface area (TPSA) is 46.5 Å². The molecule has 0 radical (unpaired) electrons. The van der Waals surface area contributed by atoms with E-state index in [1.54, 1.807) is 6.92 Å². The Morgan fingerprint density at radius 1 is 1.29 bits per heavy atom. The summed E-state index contributed by atoms with van der Waals surface area (Å²) in [6.45, 7) is 9.80. The van der Waals surface area contributed by atoms with E-state index >= 15 is 0 Å². The quantitative estimate of drug-likeness (QED) is 0.693. The van der Waals surface area contributed by atoms with Gasteiger partial charge in [-0.25, -0.2) is 0 Å². The van der Waals surface area contributed by atoms with Crippen molar-refractivity contribution in [3.8, 4) is 0 Å². The molecule has 0 amide bonds. The van der Waals surface area contributed by atoms with Crippen molar-refractivity contribution < 1.29 is 14.6 Å². The predicted octanol–water partition coefficient (Wildman–Crippen LogP) is 1.98. The number of aliphatic hydroxyl groups is 1. The van der Waals surface area contributed by atoms with Gasteiger partial charge in [0.2, 0.25) is 0 Å². The molecule has 84 valence electrons. The van der Waals surface area contributed by atoms with Crippen molar-refractivity contribution in [1.29, 1.82) is 0 Å². The third-order valence-corrected chi connectivity index (χ3v) is 2.73. The highest BCUT2D eigenvalue weighted by atomic mass is 16.5. The van der Waals surface area contributed by atoms with E-state index in [4.69, 9.17) is 4.74 Å². The lowest BCUT2D eigenvalue weighted by Gasteiger charge is -2.35. The van der Waals surface area contributed by atoms with Crippen LogP contribution in [0.25, 0.3) is 0 Å². The number of rotatable bonds is 5. The van der Waals surface area contributed by atoms with Crippen LogP contribution in [0.2, 0.25) is 0 Å². The minimum absolute atomic E-state index is 0.0481. The van der Waals surface area contributed by atoms with Crippen molar-refractivity contribution in [1.82, 2.24) is 0 Å². The maximum absolute atomic E-state index is 11.3. The first-order valence-corrected chi connectivity index (χ1v) is 5.22. The lowest BCUT2D eigenvalue weighted by Crippen LogP contribution is -2.43. The molecule has 0 aliphatic rings. The maximum Gasteiger partial charge on any atom is 0.308 e. The molecule has 0 aromatic carbocycles. The van der Waals surface area contributed by atoms with Gasteiger partial charge in [-0.15, -0.1) is 0 Å². The first-order chi connectivity index (χ1) is 6.34. The molecule has 14 heavy (non-hydrogen) atoms. The maximum atomic E-state index is 11.3. The molecular formula is C11H22O3. The van der Waals surface area contributed by atoms with Crippen molar-refractivity contribution in [3.63, 3.8) is 0 Å². The van der Waals surface area contributed by atoms with Crippen LogP contribution in [0.5, 0.6) is 0 Å². The normalized spacial score (nSPS) is 12.3. The molecule has 0 atom stereocenters. The number of hydrogen-bond donors (Lipinski definition) is 1. The third kappa shape index (κ3) is 3.29. The largest absolute Gasteiger partial charge is 0.466 e. The smallest absolute Gasteiger partial charge is 0.308 e. The molecule has 0 saturated carbocycles. The lowest BCUT2D eigenvalue weighted by molar-refractivity contribution is -0.153. The van der Waals surface area contributed by atoms with Crippen molar-refractivity contribution in [3.05, 3.63) is 0 Å². The highest BCUT2D eigenvalue weighted by Gasteiger charge is 2.37. The summed E-state index contributed by atoms with van der Waals surface area (Å²) in [5.74, 6) is -0.226. The van der Waals surface area contributed by atoms with Gasteiger partial charge in [0.1, 0.15) is 0 Å². The number of carbonyl (C=O) groups is 1. The van der Waals surface area contributed by atoms with Crippen molar-refractivity contribution in [2.75, 3.05) is 6.61 Å². The molecule has 1 N–H and O–H groups in total. The van der Waals surface area contributed by atoms with E-state index in [1.165, 1.54) is 0 Å². The molecule has 3 heteroatoms. The second-order valence-electron chi connectivity index (χ2n) is 4.28. The summed E-state index contributed by atoms with van der Waals surface area (Å²) in [6.07, 6.45) is 0.0795. The van der Waals surface area contributed by atoms with Crippen LogP contribution >= 0.6 is 0 Å². The van der Waals surface area contributed by atoms with Crippen LogP contribution in [0.4, 0.5) is 0 Å². The Bertz CT molecular complexity index is 177. The molecular weight excluding hydrogens is 180 g/mol. The number of carbonyl (C=O) groups excluding carboxylic acids is 1. The lowest BCUT2D eigenvalue weighted by atomic mass is 9.78. The summed E-state index contributed by atoms with van der Waals surface area (Å²) in [4.78, 5) is 11.3. The average Bonchev–Trinajstić information content (AvgIpc) is 2.03. The molecule has 0 rings (SSSR count). The van der Waals surface area contributed by atoms with Crippen LogP contribution in [0.3, 0.4) is 0 Å². The van der Waals surface area contributed by atoms with Crippen molar-refractivity contribution in [2.45, 2.75) is 46.6 Å². The molecule has 0 bridgehead atoms. The second kappa shape index (κ2) is 5.35. The Kier molecular flexibility index (Phi) is 5.13. The van der Waals surface area contributed by atoms with E-state index in [2.05, 4.69) is 0 Å². The molecule has 0 fully saturated rings. The predicted molar refractivity (Wildman–Crippen MR) is 55.9 cm³/mol. The first-order valence-electron chi connectivity index (χ1n) is 5.22. The van der Waals surface area contributed by atoms with Gasteiger partial charge < -0.3 is 9.84 Å². The fourth-order valence-corrected chi connectivity index (χ4v) is 1.52. The molecule has 0 aliphatic heterocycles. The number of hydrogen-bond acceptors (Lipinski definition) is 3. The van der Waals surface area contributed by atoms with Gasteiger partial charge in [-0.3, -0.25) is 4.79 Å². The zero-order valence-corrected chi connectivity index (χ0v) is 9.83. The third-order valence-electron chi connectivity index (χ3n) is 2.73. The van der Waals surface area contributed by atoms with Crippen molar-refractivity contribution >= 4 is 5.97 Å². The van der Waals surface area contributed by atoms with Gasteiger partial charge in [-0.2, -0.15) is 0 Å². The standard InChI is InChI=1S/C11H22O3/c1-6-14-10(12)7-11(13,8(2)3)9(4)5/h8-9,13H,6-7H2,1-5H3. The highest BCUT2D eigenvalue weighted by molar-refractivity contribution is 5.70. The zero-order valence-electron chi connectivity index (χ0n) is 9.83. The van der Waals surface area contributed by atoms with Crippen LogP contribution in [-0.4, -0.2) is 23.3 Å². The Labute approximate surface area is 86.5 Å². The molecule has 0 aromatic rings. The molecule has 3 nitrogen and oxygen atoms in total. The van der Waals surface area contributed by atoms with Crippen molar-refractivity contribution in [2.24, 2.45) is 11.8 Å². The van der Waals surface area contributed by atoms with Crippen LogP contribution in [0.1, 0.15) is 41.0 Å². The molecule has 0 aromatic heterocycles. The van der Waals surface area contributed by atoms with E-state index in [9.17, 15) is 9.90 Å².